The van der Waals surface area contributed by atoms with Crippen LogP contribution in [0.4, 0.5) is 0 Å². The third-order valence-electron chi connectivity index (χ3n) is 2.32. The van der Waals surface area contributed by atoms with Crippen molar-refractivity contribution in [1.82, 2.24) is 15.1 Å². The zero-order valence-electron chi connectivity index (χ0n) is 9.51. The van der Waals surface area contributed by atoms with Crippen LogP contribution >= 0.6 is 0 Å². The van der Waals surface area contributed by atoms with Gasteiger partial charge in [-0.15, -0.1) is 0 Å². The van der Waals surface area contributed by atoms with Crippen LogP contribution in [0.3, 0.4) is 0 Å². The predicted molar refractivity (Wildman–Crippen MR) is 59.3 cm³/mol. The van der Waals surface area contributed by atoms with E-state index in [9.17, 15) is 0 Å². The van der Waals surface area contributed by atoms with Crippen molar-refractivity contribution in [1.29, 1.82) is 0 Å². The molecule has 1 aromatic rings. The molecular weight excluding hydrogens is 174 g/mol. The summed E-state index contributed by atoms with van der Waals surface area (Å²) in [5, 5.41) is 7.60. The Morgan fingerprint density at radius 2 is 2.14 bits per heavy atom. The maximum absolute atomic E-state index is 4.42. The number of hydrogen-bond donors (Lipinski definition) is 1. The van der Waals surface area contributed by atoms with Crippen molar-refractivity contribution in [3.63, 3.8) is 0 Å². The second-order valence-corrected chi connectivity index (χ2v) is 3.62. The molecule has 14 heavy (non-hydrogen) atoms. The molecule has 0 aliphatic rings. The zero-order valence-corrected chi connectivity index (χ0v) is 9.51. The number of aromatic nitrogens is 2. The quantitative estimate of drug-likeness (QED) is 0.752. The summed E-state index contributed by atoms with van der Waals surface area (Å²) < 4.78 is 2.15. The Morgan fingerprint density at radius 3 is 2.71 bits per heavy atom. The average molecular weight is 195 g/mol. The first-order chi connectivity index (χ1) is 6.83. The molecule has 1 heterocycles. The van der Waals surface area contributed by atoms with Crippen LogP contribution in [0.2, 0.25) is 0 Å². The Labute approximate surface area is 86.5 Å². The number of aryl methyl sites for hydroxylation is 1. The predicted octanol–water partition coefficient (Wildman–Crippen LogP) is 1.97. The topological polar surface area (TPSA) is 29.9 Å². The minimum Gasteiger partial charge on any atom is -0.316 e. The molecule has 0 aliphatic carbocycles. The van der Waals surface area contributed by atoms with E-state index < -0.39 is 0 Å². The molecule has 0 saturated heterocycles. The Morgan fingerprint density at radius 1 is 1.36 bits per heavy atom. The van der Waals surface area contributed by atoms with Gasteiger partial charge in [0.1, 0.15) is 0 Å². The lowest BCUT2D eigenvalue weighted by Gasteiger charge is -2.07. The lowest BCUT2D eigenvalue weighted by atomic mass is 10.1. The molecule has 0 aromatic carbocycles. The van der Waals surface area contributed by atoms with Crippen molar-refractivity contribution in [2.45, 2.75) is 46.2 Å². The van der Waals surface area contributed by atoms with Gasteiger partial charge in [-0.2, -0.15) is 5.10 Å². The highest BCUT2D eigenvalue weighted by Crippen LogP contribution is 2.11. The average Bonchev–Trinajstić information content (AvgIpc) is 2.52. The van der Waals surface area contributed by atoms with E-state index in [-0.39, 0.29) is 0 Å². The molecule has 0 aliphatic heterocycles. The van der Waals surface area contributed by atoms with E-state index >= 15 is 0 Å². The van der Waals surface area contributed by atoms with Gasteiger partial charge in [0.05, 0.1) is 6.20 Å². The molecular formula is C11H21N3. The highest BCUT2D eigenvalue weighted by atomic mass is 15.3. The summed E-state index contributed by atoms with van der Waals surface area (Å²) in [6.45, 7) is 6.37. The summed E-state index contributed by atoms with van der Waals surface area (Å²) in [5.74, 6) is 0. The van der Waals surface area contributed by atoms with Crippen molar-refractivity contribution in [3.8, 4) is 0 Å². The summed E-state index contributed by atoms with van der Waals surface area (Å²) in [7, 11) is 1.98. The van der Waals surface area contributed by atoms with Crippen LogP contribution in [-0.2, 0) is 19.5 Å². The summed E-state index contributed by atoms with van der Waals surface area (Å²) in [4.78, 5) is 0. The van der Waals surface area contributed by atoms with Gasteiger partial charge in [-0.1, -0.05) is 20.3 Å². The molecule has 3 nitrogen and oxygen atoms in total. The minimum absolute atomic E-state index is 0.930. The van der Waals surface area contributed by atoms with Gasteiger partial charge in [0.15, 0.2) is 0 Å². The highest BCUT2D eigenvalue weighted by Gasteiger charge is 2.07. The molecule has 0 radical (unpaired) electrons. The first kappa shape index (κ1) is 11.2. The highest BCUT2D eigenvalue weighted by molar-refractivity contribution is 5.17. The van der Waals surface area contributed by atoms with Crippen molar-refractivity contribution < 1.29 is 0 Å². The molecule has 3 heteroatoms. The van der Waals surface area contributed by atoms with Gasteiger partial charge in [-0.05, 0) is 19.9 Å². The summed E-state index contributed by atoms with van der Waals surface area (Å²) in [5.41, 5.74) is 2.76. The fourth-order valence-corrected chi connectivity index (χ4v) is 1.72. The van der Waals surface area contributed by atoms with E-state index in [1.165, 1.54) is 17.7 Å². The van der Waals surface area contributed by atoms with Crippen LogP contribution in [-0.4, -0.2) is 16.8 Å². The van der Waals surface area contributed by atoms with Crippen LogP contribution in [0.15, 0.2) is 6.20 Å². The first-order valence-electron chi connectivity index (χ1n) is 5.51. The lowest BCUT2D eigenvalue weighted by molar-refractivity contribution is 0.568. The molecule has 0 amide bonds. The van der Waals surface area contributed by atoms with Crippen molar-refractivity contribution >= 4 is 0 Å². The molecule has 1 N–H and O–H groups in total. The molecule has 80 valence electrons. The molecule has 0 atom stereocenters. The van der Waals surface area contributed by atoms with Crippen molar-refractivity contribution in [2.75, 3.05) is 7.05 Å². The maximum atomic E-state index is 4.42. The van der Waals surface area contributed by atoms with E-state index in [4.69, 9.17) is 0 Å². The third kappa shape index (κ3) is 2.58. The number of nitrogens with one attached hydrogen (secondary N) is 1. The Balaban J connectivity index is 2.82. The maximum Gasteiger partial charge on any atom is 0.0537 e. The molecule has 0 bridgehead atoms. The molecule has 1 aromatic heterocycles. The van der Waals surface area contributed by atoms with E-state index in [0.717, 1.165) is 25.9 Å². The first-order valence-corrected chi connectivity index (χ1v) is 5.51. The zero-order chi connectivity index (χ0) is 10.4. The standard InChI is InChI=1S/C11H21N3/c1-4-6-11-10(8-12-3)9-13-14(11)7-5-2/h9,12H,4-8H2,1-3H3. The van der Waals surface area contributed by atoms with E-state index in [0.29, 0.717) is 0 Å². The van der Waals surface area contributed by atoms with Gasteiger partial charge >= 0.3 is 0 Å². The molecule has 0 saturated carbocycles. The van der Waals surface area contributed by atoms with Gasteiger partial charge in [0.2, 0.25) is 0 Å². The fourth-order valence-electron chi connectivity index (χ4n) is 1.72. The van der Waals surface area contributed by atoms with Crippen LogP contribution in [0.1, 0.15) is 37.9 Å². The SMILES string of the molecule is CCCc1c(CNC)cnn1CCC. The van der Waals surface area contributed by atoms with E-state index in [2.05, 4.69) is 28.9 Å². The summed E-state index contributed by atoms with van der Waals surface area (Å²) in [6, 6.07) is 0. The second kappa shape index (κ2) is 5.81. The number of hydrogen-bond acceptors (Lipinski definition) is 2. The number of rotatable bonds is 6. The van der Waals surface area contributed by atoms with E-state index in [1.807, 2.05) is 13.2 Å². The second-order valence-electron chi connectivity index (χ2n) is 3.62. The normalized spacial score (nSPS) is 10.8. The largest absolute Gasteiger partial charge is 0.316 e. The van der Waals surface area contributed by atoms with Gasteiger partial charge in [0, 0.05) is 24.3 Å². The molecule has 0 fully saturated rings. The monoisotopic (exact) mass is 195 g/mol. The van der Waals surface area contributed by atoms with Gasteiger partial charge in [-0.25, -0.2) is 0 Å². The van der Waals surface area contributed by atoms with Crippen LogP contribution in [0.25, 0.3) is 0 Å². The van der Waals surface area contributed by atoms with Crippen molar-refractivity contribution in [2.24, 2.45) is 0 Å². The van der Waals surface area contributed by atoms with Crippen molar-refractivity contribution in [3.05, 3.63) is 17.5 Å². The summed E-state index contributed by atoms with van der Waals surface area (Å²) in [6.07, 6.45) is 5.47. The Bertz CT molecular complexity index is 242. The minimum atomic E-state index is 0.930. The van der Waals surface area contributed by atoms with E-state index in [1.54, 1.807) is 0 Å². The number of nitrogens with zero attached hydrogens (tertiary/aromatic N) is 2. The molecule has 0 spiro atoms. The van der Waals surface area contributed by atoms with Gasteiger partial charge < -0.3 is 5.32 Å². The summed E-state index contributed by atoms with van der Waals surface area (Å²) >= 11 is 0. The van der Waals surface area contributed by atoms with Crippen LogP contribution < -0.4 is 5.32 Å². The van der Waals surface area contributed by atoms with Crippen LogP contribution in [0, 0.1) is 0 Å². The van der Waals surface area contributed by atoms with Crippen LogP contribution in [0.5, 0.6) is 0 Å². The Kier molecular flexibility index (Phi) is 4.66. The fraction of sp³-hybridized carbons (Fsp3) is 0.727. The van der Waals surface area contributed by atoms with Gasteiger partial charge in [-0.3, -0.25) is 4.68 Å². The Hall–Kier alpha value is -0.830. The molecule has 0 unspecified atom stereocenters. The lowest BCUT2D eigenvalue weighted by Crippen LogP contribution is -2.10. The smallest absolute Gasteiger partial charge is 0.0537 e. The van der Waals surface area contributed by atoms with Gasteiger partial charge in [0.25, 0.3) is 0 Å². The molecule has 1 rings (SSSR count). The third-order valence-corrected chi connectivity index (χ3v) is 2.32.